The van der Waals surface area contributed by atoms with Gasteiger partial charge in [-0.1, -0.05) is 62.4 Å². The zero-order valence-electron chi connectivity index (χ0n) is 20.6. The highest BCUT2D eigenvalue weighted by Gasteiger charge is 2.63. The molecule has 2 aromatic rings. The van der Waals surface area contributed by atoms with E-state index in [1.165, 1.54) is 26.0 Å². The summed E-state index contributed by atoms with van der Waals surface area (Å²) in [4.78, 5) is 36.2. The first-order chi connectivity index (χ1) is 17.0. The molecule has 0 fully saturated rings. The SMILES string of the molecule is CCCCN1c2ccccc2N(CCC)C12C(=Nc1ccccc1)SC(C(=O)OC)=C2C(=O)OC. The maximum absolute atomic E-state index is 13.5. The van der Waals surface area contributed by atoms with Crippen LogP contribution in [0.2, 0.25) is 0 Å². The van der Waals surface area contributed by atoms with Gasteiger partial charge < -0.3 is 19.3 Å². The molecule has 184 valence electrons. The van der Waals surface area contributed by atoms with Gasteiger partial charge >= 0.3 is 11.9 Å². The van der Waals surface area contributed by atoms with Crippen molar-refractivity contribution in [2.75, 3.05) is 37.1 Å². The standard InChI is InChI=1S/C27H31N3O4S/c1-5-7-18-30-21-16-12-11-15-20(21)29(17-6-2)27(30)22(24(31)33-3)23(25(32)34-4)35-26(27)28-19-13-9-8-10-14-19/h8-16H,5-7,17-18H2,1-4H3. The molecule has 0 aromatic heterocycles. The summed E-state index contributed by atoms with van der Waals surface area (Å²) in [6.07, 6.45) is 2.71. The lowest BCUT2D eigenvalue weighted by molar-refractivity contribution is -0.139. The van der Waals surface area contributed by atoms with Crippen LogP contribution in [-0.4, -0.2) is 50.0 Å². The molecule has 7 nitrogen and oxygen atoms in total. The lowest BCUT2D eigenvalue weighted by atomic mass is 9.95. The zero-order valence-corrected chi connectivity index (χ0v) is 21.4. The van der Waals surface area contributed by atoms with Crippen molar-refractivity contribution < 1.29 is 19.1 Å². The van der Waals surface area contributed by atoms with Crippen LogP contribution >= 0.6 is 11.8 Å². The molecule has 1 atom stereocenters. The largest absolute Gasteiger partial charge is 0.465 e. The number of hydrogen-bond donors (Lipinski definition) is 0. The van der Waals surface area contributed by atoms with E-state index in [1.807, 2.05) is 42.5 Å². The number of ether oxygens (including phenoxy) is 2. The number of anilines is 2. The molecule has 0 radical (unpaired) electrons. The van der Waals surface area contributed by atoms with E-state index in [9.17, 15) is 9.59 Å². The van der Waals surface area contributed by atoms with Gasteiger partial charge in [0.25, 0.3) is 0 Å². The molecular formula is C27H31N3O4S. The van der Waals surface area contributed by atoms with Crippen LogP contribution in [0.25, 0.3) is 0 Å². The van der Waals surface area contributed by atoms with E-state index in [2.05, 4.69) is 35.8 Å². The number of aliphatic imine (C=N–C) groups is 1. The molecule has 0 amide bonds. The highest BCUT2D eigenvalue weighted by atomic mass is 32.2. The number of methoxy groups -OCH3 is 2. The molecule has 2 aromatic carbocycles. The average molecular weight is 494 g/mol. The quantitative estimate of drug-likeness (QED) is 0.462. The fraction of sp³-hybridized carbons (Fsp3) is 0.370. The van der Waals surface area contributed by atoms with E-state index in [1.54, 1.807) is 0 Å². The van der Waals surface area contributed by atoms with E-state index in [0.29, 0.717) is 18.1 Å². The summed E-state index contributed by atoms with van der Waals surface area (Å²) in [7, 11) is 2.67. The molecule has 8 heteroatoms. The number of benzene rings is 2. The Labute approximate surface area is 210 Å². The molecule has 1 unspecified atom stereocenters. The van der Waals surface area contributed by atoms with Gasteiger partial charge in [0.1, 0.15) is 15.5 Å². The van der Waals surface area contributed by atoms with Crippen LogP contribution in [0.15, 0.2) is 70.1 Å². The highest BCUT2D eigenvalue weighted by Crippen LogP contribution is 2.57. The molecule has 2 aliphatic heterocycles. The Morgan fingerprint density at radius 3 is 2.03 bits per heavy atom. The first-order valence-electron chi connectivity index (χ1n) is 11.9. The minimum Gasteiger partial charge on any atom is -0.465 e. The van der Waals surface area contributed by atoms with Crippen LogP contribution in [-0.2, 0) is 19.1 Å². The van der Waals surface area contributed by atoms with E-state index in [-0.39, 0.29) is 10.5 Å². The van der Waals surface area contributed by atoms with Gasteiger partial charge in [0.2, 0.25) is 0 Å². The van der Waals surface area contributed by atoms with Crippen molar-refractivity contribution in [3.63, 3.8) is 0 Å². The summed E-state index contributed by atoms with van der Waals surface area (Å²) in [5, 5.41) is 0.630. The first kappa shape index (κ1) is 24.9. The number of unbranched alkanes of at least 4 members (excludes halogenated alkanes) is 1. The zero-order chi connectivity index (χ0) is 25.0. The summed E-state index contributed by atoms with van der Waals surface area (Å²) >= 11 is 1.19. The minimum atomic E-state index is -1.12. The van der Waals surface area contributed by atoms with Gasteiger partial charge in [0, 0.05) is 13.1 Å². The van der Waals surface area contributed by atoms with Gasteiger partial charge in [0.15, 0.2) is 5.66 Å². The number of carbonyl (C=O) groups is 2. The predicted octanol–water partition coefficient (Wildman–Crippen LogP) is 5.30. The first-order valence-corrected chi connectivity index (χ1v) is 12.7. The average Bonchev–Trinajstić information content (AvgIpc) is 3.36. The molecule has 0 aliphatic carbocycles. The molecule has 1 spiro atoms. The van der Waals surface area contributed by atoms with Crippen molar-refractivity contribution in [1.82, 2.24) is 0 Å². The molecule has 0 N–H and O–H groups in total. The van der Waals surface area contributed by atoms with E-state index < -0.39 is 17.6 Å². The molecule has 0 saturated heterocycles. The topological polar surface area (TPSA) is 71.4 Å². The van der Waals surface area contributed by atoms with Crippen LogP contribution in [0.1, 0.15) is 33.1 Å². The van der Waals surface area contributed by atoms with Crippen LogP contribution in [0.5, 0.6) is 0 Å². The summed E-state index contributed by atoms with van der Waals surface area (Å²) in [6, 6.07) is 17.7. The number of para-hydroxylation sites is 3. The van der Waals surface area contributed by atoms with Crippen LogP contribution in [0.3, 0.4) is 0 Å². The summed E-state index contributed by atoms with van der Waals surface area (Å²) in [5.74, 6) is -1.14. The van der Waals surface area contributed by atoms with Crippen LogP contribution in [0.4, 0.5) is 17.1 Å². The Kier molecular flexibility index (Phi) is 7.50. The molecule has 0 bridgehead atoms. The normalized spacial score (nSPS) is 20.1. The fourth-order valence-electron chi connectivity index (χ4n) is 4.80. The lowest BCUT2D eigenvalue weighted by Crippen LogP contribution is -2.63. The molecule has 2 heterocycles. The van der Waals surface area contributed by atoms with Crippen molar-refractivity contribution in [2.45, 2.75) is 38.8 Å². The third-order valence-electron chi connectivity index (χ3n) is 6.25. The number of fused-ring (bicyclic) bond motifs is 1. The second kappa shape index (κ2) is 10.6. The molecular weight excluding hydrogens is 462 g/mol. The third-order valence-corrected chi connectivity index (χ3v) is 7.39. The number of carbonyl (C=O) groups excluding carboxylic acids is 2. The van der Waals surface area contributed by atoms with Gasteiger partial charge in [-0.3, -0.25) is 0 Å². The summed E-state index contributed by atoms with van der Waals surface area (Å²) in [6.45, 7) is 5.57. The van der Waals surface area contributed by atoms with E-state index in [0.717, 1.165) is 36.3 Å². The number of thioether (sulfide) groups is 1. The molecule has 2 aliphatic rings. The summed E-state index contributed by atoms with van der Waals surface area (Å²) < 4.78 is 10.4. The van der Waals surface area contributed by atoms with Crippen molar-refractivity contribution in [3.8, 4) is 0 Å². The molecule has 4 rings (SSSR count). The van der Waals surface area contributed by atoms with Crippen molar-refractivity contribution >= 4 is 45.8 Å². The third kappa shape index (κ3) is 4.10. The Morgan fingerprint density at radius 1 is 0.857 bits per heavy atom. The highest BCUT2D eigenvalue weighted by molar-refractivity contribution is 8.18. The summed E-state index contributed by atoms with van der Waals surface area (Å²) in [5.41, 5.74) is 1.88. The van der Waals surface area contributed by atoms with Crippen LogP contribution < -0.4 is 9.80 Å². The Bertz CT molecular complexity index is 1160. The monoisotopic (exact) mass is 493 g/mol. The smallest absolute Gasteiger partial charge is 0.345 e. The van der Waals surface area contributed by atoms with Gasteiger partial charge in [0.05, 0.1) is 31.3 Å². The van der Waals surface area contributed by atoms with E-state index >= 15 is 0 Å². The van der Waals surface area contributed by atoms with Gasteiger partial charge in [-0.15, -0.1) is 0 Å². The lowest BCUT2D eigenvalue weighted by Gasteiger charge is -2.44. The predicted molar refractivity (Wildman–Crippen MR) is 141 cm³/mol. The maximum atomic E-state index is 13.5. The molecule has 35 heavy (non-hydrogen) atoms. The van der Waals surface area contributed by atoms with Crippen molar-refractivity contribution in [2.24, 2.45) is 4.99 Å². The van der Waals surface area contributed by atoms with Crippen LogP contribution in [0, 0.1) is 0 Å². The maximum Gasteiger partial charge on any atom is 0.345 e. The Hall–Kier alpha value is -3.26. The minimum absolute atomic E-state index is 0.212. The van der Waals surface area contributed by atoms with Crippen molar-refractivity contribution in [3.05, 3.63) is 65.1 Å². The Morgan fingerprint density at radius 2 is 1.46 bits per heavy atom. The number of nitrogens with zero attached hydrogens (tertiary/aromatic N) is 3. The van der Waals surface area contributed by atoms with Gasteiger partial charge in [-0.05, 0) is 37.1 Å². The molecule has 0 saturated carbocycles. The second-order valence-corrected chi connectivity index (χ2v) is 9.36. The van der Waals surface area contributed by atoms with E-state index in [4.69, 9.17) is 14.5 Å². The van der Waals surface area contributed by atoms with Crippen molar-refractivity contribution in [1.29, 1.82) is 0 Å². The Balaban J connectivity index is 2.09. The van der Waals surface area contributed by atoms with Gasteiger partial charge in [-0.25, -0.2) is 14.6 Å². The second-order valence-electron chi connectivity index (χ2n) is 8.36. The number of esters is 2. The van der Waals surface area contributed by atoms with Gasteiger partial charge in [-0.2, -0.15) is 0 Å². The fourth-order valence-corrected chi connectivity index (χ4v) is 6.10. The number of hydrogen-bond acceptors (Lipinski definition) is 8. The number of rotatable bonds is 8.